The molecule has 1 aromatic carbocycles. The van der Waals surface area contributed by atoms with E-state index in [4.69, 9.17) is 11.6 Å². The normalized spacial score (nSPS) is 11.0. The maximum atomic E-state index is 13.7. The molecule has 2 aromatic rings. The van der Waals surface area contributed by atoms with Crippen molar-refractivity contribution in [3.8, 4) is 0 Å². The van der Waals surface area contributed by atoms with E-state index in [0.717, 1.165) is 0 Å². The molecule has 0 saturated heterocycles. The van der Waals surface area contributed by atoms with Gasteiger partial charge in [0.1, 0.15) is 11.5 Å². The van der Waals surface area contributed by atoms with Gasteiger partial charge in [0.15, 0.2) is 7.05 Å². The highest BCUT2D eigenvalue weighted by atomic mass is 79.9. The van der Waals surface area contributed by atoms with Gasteiger partial charge in [-0.1, -0.05) is 20.6 Å². The summed E-state index contributed by atoms with van der Waals surface area (Å²) in [6.07, 6.45) is 0. The van der Waals surface area contributed by atoms with Gasteiger partial charge >= 0.3 is 5.15 Å². The largest absolute Gasteiger partial charge is 0.308 e. The number of nitrogens with zero attached hydrogens (tertiary/aromatic N) is 2. The van der Waals surface area contributed by atoms with Gasteiger partial charge in [-0.3, -0.25) is 0 Å². The van der Waals surface area contributed by atoms with Crippen LogP contribution in [-0.2, 0) is 7.05 Å². The highest BCUT2D eigenvalue weighted by Crippen LogP contribution is 2.27. The Balaban J connectivity index is 3.02. The lowest BCUT2D eigenvalue weighted by Gasteiger charge is -2.03. The molecule has 2 rings (SSSR count). The molecule has 1 aromatic heterocycles. The average Bonchev–Trinajstić information content (AvgIpc) is 2.12. The molecule has 0 atom stereocenters. The van der Waals surface area contributed by atoms with Crippen molar-refractivity contribution in [1.82, 2.24) is 5.10 Å². The first-order valence-electron chi connectivity index (χ1n) is 4.32. The molecule has 0 spiro atoms. The van der Waals surface area contributed by atoms with Gasteiger partial charge in [0.05, 0.1) is 10.8 Å². The fourth-order valence-corrected chi connectivity index (χ4v) is 2.21. The van der Waals surface area contributed by atoms with Crippen LogP contribution in [0.15, 0.2) is 16.6 Å². The lowest BCUT2D eigenvalue weighted by Crippen LogP contribution is -2.35. The minimum Gasteiger partial charge on any atom is -0.206 e. The van der Waals surface area contributed by atoms with Gasteiger partial charge in [0, 0.05) is 4.47 Å². The van der Waals surface area contributed by atoms with Gasteiger partial charge in [-0.2, -0.15) is 0 Å². The van der Waals surface area contributed by atoms with Crippen molar-refractivity contribution < 1.29 is 9.07 Å². The number of hydrogen-bond acceptors (Lipinski definition) is 1. The van der Waals surface area contributed by atoms with Crippen LogP contribution in [0.5, 0.6) is 0 Å². The number of fused-ring (bicyclic) bond motifs is 1. The molecule has 2 nitrogen and oxygen atoms in total. The summed E-state index contributed by atoms with van der Waals surface area (Å²) in [5.74, 6) is -0.313. The Morgan fingerprint density at radius 1 is 1.47 bits per heavy atom. The number of rotatable bonds is 0. The molecule has 0 saturated carbocycles. The molecule has 0 unspecified atom stereocenters. The third-order valence-electron chi connectivity index (χ3n) is 2.22. The Kier molecular flexibility index (Phi) is 2.64. The Labute approximate surface area is 99.8 Å². The van der Waals surface area contributed by atoms with E-state index in [0.29, 0.717) is 26.1 Å². The topological polar surface area (TPSA) is 16.8 Å². The SMILES string of the molecule is Cc1n[n+](C)c(Cl)c2cc(Br)cc(F)c12. The Morgan fingerprint density at radius 3 is 2.80 bits per heavy atom. The predicted octanol–water partition coefficient (Wildman–Crippen LogP) is 2.92. The van der Waals surface area contributed by atoms with Crippen molar-refractivity contribution in [2.75, 3.05) is 0 Å². The molecule has 0 aliphatic heterocycles. The smallest absolute Gasteiger partial charge is 0.206 e. The van der Waals surface area contributed by atoms with E-state index in [-0.39, 0.29) is 5.82 Å². The number of aryl methyl sites for hydroxylation is 2. The second-order valence-electron chi connectivity index (χ2n) is 3.31. The van der Waals surface area contributed by atoms with Crippen molar-refractivity contribution >= 4 is 38.3 Å². The van der Waals surface area contributed by atoms with Crippen LogP contribution in [-0.4, -0.2) is 5.10 Å². The van der Waals surface area contributed by atoms with Crippen LogP contribution in [0.3, 0.4) is 0 Å². The molecule has 0 fully saturated rings. The van der Waals surface area contributed by atoms with Crippen LogP contribution in [0.1, 0.15) is 5.69 Å². The third-order valence-corrected chi connectivity index (χ3v) is 3.13. The standard InChI is InChI=1S/C10H8BrClFN2/c1-5-9-7(10(12)15(2)14-5)3-6(11)4-8(9)13/h3-4H,1-2H3/q+1. The second kappa shape index (κ2) is 3.68. The molecule has 78 valence electrons. The first kappa shape index (κ1) is 10.8. The summed E-state index contributed by atoms with van der Waals surface area (Å²) in [5, 5.41) is 5.69. The van der Waals surface area contributed by atoms with Crippen LogP contribution < -0.4 is 4.68 Å². The highest BCUT2D eigenvalue weighted by Gasteiger charge is 2.17. The second-order valence-corrected chi connectivity index (χ2v) is 4.58. The summed E-state index contributed by atoms with van der Waals surface area (Å²) in [6, 6.07) is 3.20. The lowest BCUT2D eigenvalue weighted by molar-refractivity contribution is -0.727. The van der Waals surface area contributed by atoms with Crippen LogP contribution >= 0.6 is 27.5 Å². The number of hydrogen-bond donors (Lipinski definition) is 0. The van der Waals surface area contributed by atoms with Crippen molar-refractivity contribution in [1.29, 1.82) is 0 Å². The monoisotopic (exact) mass is 289 g/mol. The van der Waals surface area contributed by atoms with E-state index in [1.54, 1.807) is 20.0 Å². The number of benzene rings is 1. The van der Waals surface area contributed by atoms with Crippen molar-refractivity contribution in [3.63, 3.8) is 0 Å². The minimum atomic E-state index is -0.313. The van der Waals surface area contributed by atoms with Crippen LogP contribution in [0.2, 0.25) is 5.15 Å². The Bertz CT molecular complexity index is 549. The molecule has 0 radical (unpaired) electrons. The summed E-state index contributed by atoms with van der Waals surface area (Å²) < 4.78 is 15.9. The lowest BCUT2D eigenvalue weighted by atomic mass is 10.1. The minimum absolute atomic E-state index is 0.313. The molecule has 0 aliphatic carbocycles. The van der Waals surface area contributed by atoms with E-state index in [1.165, 1.54) is 10.7 Å². The van der Waals surface area contributed by atoms with Gasteiger partial charge in [0.25, 0.3) is 0 Å². The van der Waals surface area contributed by atoms with Crippen LogP contribution in [0.25, 0.3) is 10.8 Å². The van der Waals surface area contributed by atoms with Crippen LogP contribution in [0.4, 0.5) is 4.39 Å². The first-order valence-corrected chi connectivity index (χ1v) is 5.49. The average molecular weight is 291 g/mol. The van der Waals surface area contributed by atoms with E-state index < -0.39 is 0 Å². The quantitative estimate of drug-likeness (QED) is 0.682. The molecule has 0 aliphatic rings. The summed E-state index contributed by atoms with van der Waals surface area (Å²) in [6.45, 7) is 1.76. The van der Waals surface area contributed by atoms with Gasteiger partial charge in [-0.15, -0.1) is 0 Å². The van der Waals surface area contributed by atoms with Gasteiger partial charge in [0.2, 0.25) is 0 Å². The maximum absolute atomic E-state index is 13.7. The van der Waals surface area contributed by atoms with E-state index in [1.807, 2.05) is 0 Å². The zero-order valence-corrected chi connectivity index (χ0v) is 10.5. The fourth-order valence-electron chi connectivity index (χ4n) is 1.60. The molecule has 0 amide bonds. The summed E-state index contributed by atoms with van der Waals surface area (Å²) in [7, 11) is 1.73. The molecule has 0 N–H and O–H groups in total. The zero-order chi connectivity index (χ0) is 11.2. The molecule has 0 bridgehead atoms. The molecule has 15 heavy (non-hydrogen) atoms. The molecular formula is C10H8BrClFN2+. The van der Waals surface area contributed by atoms with Crippen molar-refractivity contribution in [3.05, 3.63) is 33.3 Å². The van der Waals surface area contributed by atoms with E-state index in [2.05, 4.69) is 21.0 Å². The summed E-state index contributed by atoms with van der Waals surface area (Å²) in [5.41, 5.74) is 0.627. The first-order chi connectivity index (χ1) is 7.00. The summed E-state index contributed by atoms with van der Waals surface area (Å²) in [4.78, 5) is 0. The highest BCUT2D eigenvalue weighted by molar-refractivity contribution is 9.10. The molecule has 1 heterocycles. The Hall–Kier alpha value is -0.740. The molecule has 5 heteroatoms. The van der Waals surface area contributed by atoms with E-state index in [9.17, 15) is 4.39 Å². The zero-order valence-electron chi connectivity index (χ0n) is 8.18. The molecular weight excluding hydrogens is 282 g/mol. The van der Waals surface area contributed by atoms with Crippen LogP contribution in [0, 0.1) is 12.7 Å². The predicted molar refractivity (Wildman–Crippen MR) is 60.3 cm³/mol. The fraction of sp³-hybridized carbons (Fsp3) is 0.200. The number of halogens is 3. The van der Waals surface area contributed by atoms with Crippen molar-refractivity contribution in [2.45, 2.75) is 6.92 Å². The van der Waals surface area contributed by atoms with Crippen molar-refractivity contribution in [2.24, 2.45) is 7.05 Å². The van der Waals surface area contributed by atoms with Gasteiger partial charge < -0.3 is 0 Å². The Morgan fingerprint density at radius 2 is 2.13 bits per heavy atom. The summed E-state index contributed by atoms with van der Waals surface area (Å²) >= 11 is 9.29. The third kappa shape index (κ3) is 1.72. The maximum Gasteiger partial charge on any atom is 0.308 e. The van der Waals surface area contributed by atoms with Gasteiger partial charge in [-0.05, 0) is 35.8 Å². The van der Waals surface area contributed by atoms with E-state index >= 15 is 0 Å². The van der Waals surface area contributed by atoms with Gasteiger partial charge in [-0.25, -0.2) is 4.39 Å². The number of aromatic nitrogens is 2.